The van der Waals surface area contributed by atoms with Crippen LogP contribution in [0.4, 0.5) is 0 Å². The van der Waals surface area contributed by atoms with Crippen molar-refractivity contribution in [1.29, 1.82) is 0 Å². The van der Waals surface area contributed by atoms with Crippen LogP contribution in [-0.4, -0.2) is 12.2 Å². The fourth-order valence-corrected chi connectivity index (χ4v) is 1.85. The standard InChI is InChI=1S/C12H17BrO2/c1-3-4-5-11(14)10-7-6-9(13)8-12(10)15-2/h6-8,11,14H,3-5H2,1-2H3. The van der Waals surface area contributed by atoms with Gasteiger partial charge in [0.1, 0.15) is 5.75 Å². The highest BCUT2D eigenvalue weighted by atomic mass is 79.9. The minimum Gasteiger partial charge on any atom is -0.496 e. The monoisotopic (exact) mass is 272 g/mol. The van der Waals surface area contributed by atoms with Gasteiger partial charge in [-0.1, -0.05) is 41.8 Å². The second-order valence-electron chi connectivity index (χ2n) is 3.54. The molecule has 1 aromatic rings. The van der Waals surface area contributed by atoms with E-state index in [0.29, 0.717) is 0 Å². The molecule has 2 nitrogen and oxygen atoms in total. The van der Waals surface area contributed by atoms with Crippen LogP contribution in [0.15, 0.2) is 22.7 Å². The maximum atomic E-state index is 9.96. The van der Waals surface area contributed by atoms with E-state index >= 15 is 0 Å². The number of rotatable bonds is 5. The summed E-state index contributed by atoms with van der Waals surface area (Å²) < 4.78 is 6.20. The summed E-state index contributed by atoms with van der Waals surface area (Å²) in [4.78, 5) is 0. The van der Waals surface area contributed by atoms with Crippen molar-refractivity contribution in [1.82, 2.24) is 0 Å². The van der Waals surface area contributed by atoms with Gasteiger partial charge < -0.3 is 9.84 Å². The predicted molar refractivity (Wildman–Crippen MR) is 65.2 cm³/mol. The maximum Gasteiger partial charge on any atom is 0.125 e. The molecule has 0 amide bonds. The lowest BCUT2D eigenvalue weighted by Crippen LogP contribution is -2.00. The number of hydrogen-bond donors (Lipinski definition) is 1. The molecule has 1 rings (SSSR count). The summed E-state index contributed by atoms with van der Waals surface area (Å²) in [6.45, 7) is 2.12. The Hall–Kier alpha value is -0.540. The van der Waals surface area contributed by atoms with Gasteiger partial charge in [-0.05, 0) is 18.6 Å². The van der Waals surface area contributed by atoms with Crippen molar-refractivity contribution in [3.63, 3.8) is 0 Å². The minimum atomic E-state index is -0.423. The highest BCUT2D eigenvalue weighted by Gasteiger charge is 2.12. The molecule has 84 valence electrons. The van der Waals surface area contributed by atoms with Gasteiger partial charge in [-0.15, -0.1) is 0 Å². The highest BCUT2D eigenvalue weighted by Crippen LogP contribution is 2.30. The molecule has 0 aliphatic heterocycles. The number of benzene rings is 1. The summed E-state index contributed by atoms with van der Waals surface area (Å²) >= 11 is 3.38. The fraction of sp³-hybridized carbons (Fsp3) is 0.500. The number of hydrogen-bond acceptors (Lipinski definition) is 2. The van der Waals surface area contributed by atoms with Crippen LogP contribution in [0.2, 0.25) is 0 Å². The first-order valence-corrected chi connectivity index (χ1v) is 5.99. The average Bonchev–Trinajstić information content (AvgIpc) is 2.25. The molecule has 0 fully saturated rings. The normalized spacial score (nSPS) is 12.5. The van der Waals surface area contributed by atoms with Crippen molar-refractivity contribution in [2.75, 3.05) is 7.11 Å². The number of unbranched alkanes of at least 4 members (excludes halogenated alkanes) is 1. The summed E-state index contributed by atoms with van der Waals surface area (Å²) in [7, 11) is 1.62. The van der Waals surface area contributed by atoms with Crippen LogP contribution in [0, 0.1) is 0 Å². The van der Waals surface area contributed by atoms with Gasteiger partial charge in [0.05, 0.1) is 13.2 Å². The molecule has 0 spiro atoms. The summed E-state index contributed by atoms with van der Waals surface area (Å²) in [5, 5.41) is 9.96. The number of aliphatic hydroxyl groups excluding tert-OH is 1. The molecule has 0 radical (unpaired) electrons. The van der Waals surface area contributed by atoms with Gasteiger partial charge >= 0.3 is 0 Å². The first-order valence-electron chi connectivity index (χ1n) is 5.20. The smallest absolute Gasteiger partial charge is 0.125 e. The molecule has 1 aromatic carbocycles. The van der Waals surface area contributed by atoms with E-state index in [4.69, 9.17) is 4.74 Å². The maximum absolute atomic E-state index is 9.96. The molecule has 0 aliphatic rings. The minimum absolute atomic E-state index is 0.423. The van der Waals surface area contributed by atoms with Crippen LogP contribution in [-0.2, 0) is 0 Å². The molecule has 0 saturated heterocycles. The Morgan fingerprint density at radius 2 is 2.20 bits per heavy atom. The molecule has 3 heteroatoms. The first kappa shape index (κ1) is 12.5. The first-order chi connectivity index (χ1) is 7.19. The van der Waals surface area contributed by atoms with Crippen LogP contribution in [0.1, 0.15) is 37.9 Å². The highest BCUT2D eigenvalue weighted by molar-refractivity contribution is 9.10. The molecule has 0 bridgehead atoms. The number of ether oxygens (including phenoxy) is 1. The Morgan fingerprint density at radius 3 is 2.80 bits per heavy atom. The van der Waals surface area contributed by atoms with Crippen LogP contribution in [0.25, 0.3) is 0 Å². The molecular weight excluding hydrogens is 256 g/mol. The third kappa shape index (κ3) is 3.50. The predicted octanol–water partition coefficient (Wildman–Crippen LogP) is 3.68. The van der Waals surface area contributed by atoms with Crippen molar-refractivity contribution in [3.8, 4) is 5.75 Å². The second kappa shape index (κ2) is 6.13. The molecule has 1 unspecified atom stereocenters. The summed E-state index contributed by atoms with van der Waals surface area (Å²) in [6, 6.07) is 5.71. The van der Waals surface area contributed by atoms with Crippen molar-refractivity contribution in [3.05, 3.63) is 28.2 Å². The van der Waals surface area contributed by atoms with E-state index in [0.717, 1.165) is 35.0 Å². The van der Waals surface area contributed by atoms with Crippen molar-refractivity contribution >= 4 is 15.9 Å². The van der Waals surface area contributed by atoms with Crippen LogP contribution >= 0.6 is 15.9 Å². The number of methoxy groups -OCH3 is 1. The fourth-order valence-electron chi connectivity index (χ4n) is 1.51. The Bertz CT molecular complexity index is 312. The van der Waals surface area contributed by atoms with E-state index in [1.165, 1.54) is 0 Å². The largest absolute Gasteiger partial charge is 0.496 e. The van der Waals surface area contributed by atoms with Gasteiger partial charge in [0.15, 0.2) is 0 Å². The Balaban J connectivity index is 2.82. The zero-order valence-corrected chi connectivity index (χ0v) is 10.8. The number of halogens is 1. The molecule has 0 aliphatic carbocycles. The lowest BCUT2D eigenvalue weighted by Gasteiger charge is -2.14. The Kier molecular flexibility index (Phi) is 5.12. The molecule has 0 saturated carbocycles. The van der Waals surface area contributed by atoms with Crippen molar-refractivity contribution in [2.45, 2.75) is 32.3 Å². The molecule has 1 N–H and O–H groups in total. The topological polar surface area (TPSA) is 29.5 Å². The van der Waals surface area contributed by atoms with E-state index < -0.39 is 6.10 Å². The van der Waals surface area contributed by atoms with Gasteiger partial charge in [0.2, 0.25) is 0 Å². The lowest BCUT2D eigenvalue weighted by molar-refractivity contribution is 0.160. The van der Waals surface area contributed by atoms with E-state index in [2.05, 4.69) is 22.9 Å². The SMILES string of the molecule is CCCCC(O)c1ccc(Br)cc1OC. The third-order valence-corrected chi connectivity index (χ3v) is 2.88. The van der Waals surface area contributed by atoms with Crippen LogP contribution in [0.3, 0.4) is 0 Å². The van der Waals surface area contributed by atoms with Crippen molar-refractivity contribution < 1.29 is 9.84 Å². The third-order valence-electron chi connectivity index (χ3n) is 2.39. The number of aliphatic hydroxyl groups is 1. The molecule has 15 heavy (non-hydrogen) atoms. The average molecular weight is 273 g/mol. The molecular formula is C12H17BrO2. The van der Waals surface area contributed by atoms with E-state index in [1.807, 2.05) is 18.2 Å². The zero-order valence-electron chi connectivity index (χ0n) is 9.16. The summed E-state index contributed by atoms with van der Waals surface area (Å²) in [5.74, 6) is 0.743. The van der Waals surface area contributed by atoms with Crippen LogP contribution < -0.4 is 4.74 Å². The van der Waals surface area contributed by atoms with E-state index in [9.17, 15) is 5.11 Å². The zero-order chi connectivity index (χ0) is 11.3. The van der Waals surface area contributed by atoms with Gasteiger partial charge in [0.25, 0.3) is 0 Å². The molecule has 0 aromatic heterocycles. The summed E-state index contributed by atoms with van der Waals surface area (Å²) in [5.41, 5.74) is 0.870. The van der Waals surface area contributed by atoms with Crippen LogP contribution in [0.5, 0.6) is 5.75 Å². The molecule has 1 atom stereocenters. The lowest BCUT2D eigenvalue weighted by atomic mass is 10.0. The van der Waals surface area contributed by atoms with E-state index in [-0.39, 0.29) is 0 Å². The van der Waals surface area contributed by atoms with Gasteiger partial charge in [-0.2, -0.15) is 0 Å². The quantitative estimate of drug-likeness (QED) is 0.886. The Labute approximate surface area is 99.4 Å². The second-order valence-corrected chi connectivity index (χ2v) is 4.46. The molecule has 0 heterocycles. The van der Waals surface area contributed by atoms with Gasteiger partial charge in [-0.3, -0.25) is 0 Å². The van der Waals surface area contributed by atoms with E-state index in [1.54, 1.807) is 7.11 Å². The van der Waals surface area contributed by atoms with Gasteiger partial charge in [0, 0.05) is 10.0 Å². The van der Waals surface area contributed by atoms with Gasteiger partial charge in [-0.25, -0.2) is 0 Å². The van der Waals surface area contributed by atoms with Crippen molar-refractivity contribution in [2.24, 2.45) is 0 Å². The Morgan fingerprint density at radius 1 is 1.47 bits per heavy atom. The summed E-state index contributed by atoms with van der Waals surface area (Å²) in [6.07, 6.45) is 2.48.